The Bertz CT molecular complexity index is 1630. The van der Waals surface area contributed by atoms with Crippen molar-refractivity contribution in [3.63, 3.8) is 0 Å². The van der Waals surface area contributed by atoms with Crippen LogP contribution < -0.4 is 0 Å². The molecule has 0 N–H and O–H groups in total. The van der Waals surface area contributed by atoms with Gasteiger partial charge in [0.25, 0.3) is 0 Å². The standard InChI is InChI=1S/C38H26/c1-3-11-29(12-4-1)37-25-31(33-15-7-9-17-35(33)37)23-27-19-21-28(22-20-27)24-32-26-38(30-13-5-2-6-14-30)36-18-10-8-16-34(32)36/h1-26H/b31-23+,32-24+. The van der Waals surface area contributed by atoms with Crippen molar-refractivity contribution in [2.45, 2.75) is 0 Å². The highest BCUT2D eigenvalue weighted by molar-refractivity contribution is 6.06. The molecule has 0 saturated heterocycles. The van der Waals surface area contributed by atoms with Crippen molar-refractivity contribution in [1.82, 2.24) is 0 Å². The molecule has 0 saturated carbocycles. The van der Waals surface area contributed by atoms with Crippen LogP contribution in [0.1, 0.15) is 44.5 Å². The lowest BCUT2D eigenvalue weighted by molar-refractivity contribution is 1.55. The molecule has 178 valence electrons. The summed E-state index contributed by atoms with van der Waals surface area (Å²) in [6.45, 7) is 0. The van der Waals surface area contributed by atoms with Crippen molar-refractivity contribution in [2.24, 2.45) is 0 Å². The summed E-state index contributed by atoms with van der Waals surface area (Å²) < 4.78 is 0. The van der Waals surface area contributed by atoms with Gasteiger partial charge in [-0.3, -0.25) is 0 Å². The molecule has 0 bridgehead atoms. The molecule has 0 amide bonds. The molecule has 5 aromatic carbocycles. The zero-order valence-electron chi connectivity index (χ0n) is 21.0. The molecule has 0 nitrogen and oxygen atoms in total. The van der Waals surface area contributed by atoms with Gasteiger partial charge in [-0.15, -0.1) is 0 Å². The summed E-state index contributed by atoms with van der Waals surface area (Å²) in [7, 11) is 0. The summed E-state index contributed by atoms with van der Waals surface area (Å²) in [5.74, 6) is 0. The largest absolute Gasteiger partial charge is 0.0622 e. The molecular weight excluding hydrogens is 456 g/mol. The summed E-state index contributed by atoms with van der Waals surface area (Å²) in [6, 6.07) is 47.6. The van der Waals surface area contributed by atoms with Crippen molar-refractivity contribution >= 4 is 34.4 Å². The van der Waals surface area contributed by atoms with Crippen LogP contribution in [0.2, 0.25) is 0 Å². The zero-order valence-corrected chi connectivity index (χ0v) is 21.0. The van der Waals surface area contributed by atoms with Crippen LogP contribution in [0.4, 0.5) is 0 Å². The Balaban J connectivity index is 1.22. The first kappa shape index (κ1) is 22.3. The first-order valence-corrected chi connectivity index (χ1v) is 13.1. The van der Waals surface area contributed by atoms with Gasteiger partial charge in [-0.25, -0.2) is 0 Å². The second kappa shape index (κ2) is 9.50. The van der Waals surface area contributed by atoms with Crippen LogP contribution in [-0.2, 0) is 0 Å². The monoisotopic (exact) mass is 482 g/mol. The van der Waals surface area contributed by atoms with Crippen molar-refractivity contribution in [2.75, 3.05) is 0 Å². The van der Waals surface area contributed by atoms with Gasteiger partial charge < -0.3 is 0 Å². The average molecular weight is 483 g/mol. The predicted molar refractivity (Wildman–Crippen MR) is 162 cm³/mol. The number of hydrogen-bond acceptors (Lipinski definition) is 0. The van der Waals surface area contributed by atoms with Crippen LogP contribution in [0.15, 0.2) is 146 Å². The third kappa shape index (κ3) is 4.07. The molecule has 7 rings (SSSR count). The summed E-state index contributed by atoms with van der Waals surface area (Å²) in [4.78, 5) is 0. The SMILES string of the molecule is C1=C(c2ccccc2)c2ccccc2/C1=C/c1ccc(/C=C2\C=C(c3ccccc3)c3ccccc32)cc1. The molecule has 0 aliphatic heterocycles. The first-order valence-electron chi connectivity index (χ1n) is 13.1. The Morgan fingerprint density at radius 3 is 1.05 bits per heavy atom. The van der Waals surface area contributed by atoms with E-state index in [4.69, 9.17) is 0 Å². The van der Waals surface area contributed by atoms with Crippen LogP contribution in [-0.4, -0.2) is 0 Å². The minimum atomic E-state index is 1.20. The smallest absolute Gasteiger partial charge is 0.00990 e. The number of benzene rings is 5. The van der Waals surface area contributed by atoms with E-state index in [1.807, 2.05) is 0 Å². The van der Waals surface area contributed by atoms with Crippen molar-refractivity contribution in [3.8, 4) is 0 Å². The maximum atomic E-state index is 2.32. The molecule has 0 spiro atoms. The van der Waals surface area contributed by atoms with Crippen molar-refractivity contribution in [1.29, 1.82) is 0 Å². The van der Waals surface area contributed by atoms with E-state index in [-0.39, 0.29) is 0 Å². The van der Waals surface area contributed by atoms with Crippen LogP contribution in [0, 0.1) is 0 Å². The van der Waals surface area contributed by atoms with E-state index in [9.17, 15) is 0 Å². The number of allylic oxidation sites excluding steroid dienone is 4. The molecule has 0 radical (unpaired) electrons. The Morgan fingerprint density at radius 1 is 0.316 bits per heavy atom. The molecule has 0 atom stereocenters. The number of rotatable bonds is 4. The molecule has 5 aromatic rings. The van der Waals surface area contributed by atoms with E-state index in [0.717, 1.165) is 0 Å². The van der Waals surface area contributed by atoms with E-state index >= 15 is 0 Å². The molecule has 2 aliphatic rings. The molecule has 2 aliphatic carbocycles. The van der Waals surface area contributed by atoms with Gasteiger partial charge in [0.15, 0.2) is 0 Å². The third-order valence-corrected chi connectivity index (χ3v) is 7.41. The topological polar surface area (TPSA) is 0 Å². The van der Waals surface area contributed by atoms with Gasteiger partial charge in [-0.1, -0.05) is 133 Å². The lowest BCUT2D eigenvalue weighted by atomic mass is 9.98. The fraction of sp³-hybridized carbons (Fsp3) is 0. The lowest BCUT2D eigenvalue weighted by Crippen LogP contribution is -1.86. The van der Waals surface area contributed by atoms with Crippen LogP contribution in [0.25, 0.3) is 34.4 Å². The van der Waals surface area contributed by atoms with Gasteiger partial charge in [0.2, 0.25) is 0 Å². The van der Waals surface area contributed by atoms with E-state index in [0.29, 0.717) is 0 Å². The van der Waals surface area contributed by atoms with Crippen LogP contribution in [0.5, 0.6) is 0 Å². The van der Waals surface area contributed by atoms with Crippen LogP contribution >= 0.6 is 0 Å². The summed E-state index contributed by atoms with van der Waals surface area (Å²) in [6.07, 6.45) is 9.23. The minimum Gasteiger partial charge on any atom is -0.0622 e. The molecule has 0 fully saturated rings. The van der Waals surface area contributed by atoms with E-state index in [1.54, 1.807) is 0 Å². The van der Waals surface area contributed by atoms with Gasteiger partial charge in [-0.05, 0) is 91.1 Å². The number of hydrogen-bond donors (Lipinski definition) is 0. The first-order chi connectivity index (χ1) is 18.8. The van der Waals surface area contributed by atoms with Gasteiger partial charge in [0.05, 0.1) is 0 Å². The molecule has 38 heavy (non-hydrogen) atoms. The highest BCUT2D eigenvalue weighted by Gasteiger charge is 2.20. The molecule has 0 aromatic heterocycles. The Hall–Kier alpha value is -4.94. The highest BCUT2D eigenvalue weighted by Crippen LogP contribution is 2.41. The fourth-order valence-corrected chi connectivity index (χ4v) is 5.56. The van der Waals surface area contributed by atoms with Gasteiger partial charge >= 0.3 is 0 Å². The Labute approximate surface area is 224 Å². The quantitative estimate of drug-likeness (QED) is 0.239. The number of fused-ring (bicyclic) bond motifs is 2. The second-order valence-electron chi connectivity index (χ2n) is 9.81. The fourth-order valence-electron chi connectivity index (χ4n) is 5.56. The molecule has 0 heteroatoms. The van der Waals surface area contributed by atoms with Crippen LogP contribution in [0.3, 0.4) is 0 Å². The van der Waals surface area contributed by atoms with Gasteiger partial charge in [0, 0.05) is 0 Å². The van der Waals surface area contributed by atoms with Crippen molar-refractivity contribution < 1.29 is 0 Å². The summed E-state index contributed by atoms with van der Waals surface area (Å²) in [5, 5.41) is 0. The zero-order chi connectivity index (χ0) is 25.3. The Kier molecular flexibility index (Phi) is 5.57. The lowest BCUT2D eigenvalue weighted by Gasteiger charge is -2.06. The average Bonchev–Trinajstić information content (AvgIpc) is 3.54. The Morgan fingerprint density at radius 2 is 0.658 bits per heavy atom. The highest BCUT2D eigenvalue weighted by atomic mass is 14.2. The van der Waals surface area contributed by atoms with E-state index in [1.165, 1.54) is 66.8 Å². The summed E-state index contributed by atoms with van der Waals surface area (Å²) >= 11 is 0. The van der Waals surface area contributed by atoms with Gasteiger partial charge in [0.1, 0.15) is 0 Å². The third-order valence-electron chi connectivity index (χ3n) is 7.41. The second-order valence-corrected chi connectivity index (χ2v) is 9.81. The summed E-state index contributed by atoms with van der Waals surface area (Å²) in [5.41, 5.74) is 15.2. The van der Waals surface area contributed by atoms with Gasteiger partial charge in [-0.2, -0.15) is 0 Å². The van der Waals surface area contributed by atoms with Crippen molar-refractivity contribution in [3.05, 3.63) is 190 Å². The molecular formula is C38H26. The maximum Gasteiger partial charge on any atom is -0.00990 e. The maximum absolute atomic E-state index is 2.32. The predicted octanol–water partition coefficient (Wildman–Crippen LogP) is 9.66. The minimum absolute atomic E-state index is 1.20. The van der Waals surface area contributed by atoms with E-state index in [2.05, 4.69) is 158 Å². The molecule has 0 unspecified atom stereocenters. The van der Waals surface area contributed by atoms with E-state index < -0.39 is 0 Å². The molecule has 0 heterocycles. The normalized spacial score (nSPS) is 15.8.